The maximum Gasteiger partial charge on any atom is 0.0716 e. The minimum Gasteiger partial charge on any atom is -0.392 e. The van der Waals surface area contributed by atoms with Crippen LogP contribution in [0.4, 0.5) is 11.4 Å². The number of fused-ring (bicyclic) bond motifs is 2. The van der Waals surface area contributed by atoms with E-state index in [1.54, 1.807) is 0 Å². The number of hydrogen-bond acceptors (Lipinski definition) is 4. The standard InChI is InChI=1S/C34H46N2O2/c1-7-9-19-35-27-17-13-11-15-25(27)33(3,4)29(35)21-23-31(37)24(32(23)38)22-30-34(5,6)26-16-12-14-18-28(26)36(30)20-10-8-2/h11-18,21-24,31-32,37-38H,7-10,19-20H2,1-6H3. The Labute approximate surface area is 229 Å². The first kappa shape index (κ1) is 27.0. The summed E-state index contributed by atoms with van der Waals surface area (Å²) in [4.78, 5) is 4.85. The van der Waals surface area contributed by atoms with Gasteiger partial charge >= 0.3 is 0 Å². The van der Waals surface area contributed by atoms with Crippen molar-refractivity contribution in [3.05, 3.63) is 83.2 Å². The lowest BCUT2D eigenvalue weighted by Crippen LogP contribution is -2.54. The van der Waals surface area contributed by atoms with Gasteiger partial charge in [-0.25, -0.2) is 0 Å². The molecule has 0 radical (unpaired) electrons. The first-order valence-electron chi connectivity index (χ1n) is 14.7. The first-order valence-corrected chi connectivity index (χ1v) is 14.7. The van der Waals surface area contributed by atoms with Gasteiger partial charge in [-0.2, -0.15) is 0 Å². The molecule has 0 aromatic heterocycles. The van der Waals surface area contributed by atoms with Gasteiger partial charge in [-0.1, -0.05) is 103 Å². The van der Waals surface area contributed by atoms with Gasteiger partial charge in [0.05, 0.1) is 12.2 Å². The molecule has 1 fully saturated rings. The predicted octanol–water partition coefficient (Wildman–Crippen LogP) is 6.92. The third kappa shape index (κ3) is 4.21. The fourth-order valence-corrected chi connectivity index (χ4v) is 6.93. The number of nitrogens with zero attached hydrogens (tertiary/aromatic N) is 2. The van der Waals surface area contributed by atoms with E-state index in [2.05, 4.69) is 112 Å². The van der Waals surface area contributed by atoms with Crippen LogP contribution in [-0.2, 0) is 10.8 Å². The number of rotatable bonds is 8. The lowest BCUT2D eigenvalue weighted by Gasteiger charge is -2.46. The van der Waals surface area contributed by atoms with Crippen LogP contribution in [0.3, 0.4) is 0 Å². The van der Waals surface area contributed by atoms with Crippen LogP contribution in [-0.4, -0.2) is 35.5 Å². The van der Waals surface area contributed by atoms with E-state index in [1.807, 2.05) is 0 Å². The average Bonchev–Trinajstić information content (AvgIpc) is 3.26. The number of hydrogen-bond donors (Lipinski definition) is 2. The van der Waals surface area contributed by atoms with Crippen molar-refractivity contribution in [2.45, 2.75) is 90.3 Å². The third-order valence-corrected chi connectivity index (χ3v) is 9.35. The molecule has 4 heteroatoms. The fraction of sp³-hybridized carbons (Fsp3) is 0.529. The summed E-state index contributed by atoms with van der Waals surface area (Å²) in [6.45, 7) is 15.4. The number of aliphatic hydroxyl groups excluding tert-OH is 2. The van der Waals surface area contributed by atoms with E-state index in [1.165, 1.54) is 33.9 Å². The lowest BCUT2D eigenvalue weighted by molar-refractivity contribution is -0.111. The topological polar surface area (TPSA) is 46.9 Å². The highest BCUT2D eigenvalue weighted by Crippen LogP contribution is 2.52. The van der Waals surface area contributed by atoms with Crippen molar-refractivity contribution in [3.63, 3.8) is 0 Å². The summed E-state index contributed by atoms with van der Waals surface area (Å²) in [7, 11) is 0. The van der Waals surface area contributed by atoms with E-state index in [0.717, 1.165) is 38.8 Å². The van der Waals surface area contributed by atoms with Crippen LogP contribution in [0.15, 0.2) is 72.1 Å². The Morgan fingerprint density at radius 2 is 1.03 bits per heavy atom. The maximum absolute atomic E-state index is 11.5. The van der Waals surface area contributed by atoms with E-state index in [-0.39, 0.29) is 22.7 Å². The van der Waals surface area contributed by atoms with Crippen LogP contribution < -0.4 is 9.80 Å². The van der Waals surface area contributed by atoms with Gasteiger partial charge < -0.3 is 20.0 Å². The van der Waals surface area contributed by atoms with Crippen molar-refractivity contribution in [2.24, 2.45) is 11.8 Å². The molecule has 0 bridgehead atoms. The molecule has 2 heterocycles. The Balaban J connectivity index is 1.45. The quantitative estimate of drug-likeness (QED) is 0.401. The zero-order valence-corrected chi connectivity index (χ0v) is 24.1. The van der Waals surface area contributed by atoms with Crippen LogP contribution in [0.5, 0.6) is 0 Å². The van der Waals surface area contributed by atoms with Crippen LogP contribution in [0, 0.1) is 11.8 Å². The number of benzene rings is 2. The molecule has 0 atom stereocenters. The molecule has 204 valence electrons. The van der Waals surface area contributed by atoms with E-state index >= 15 is 0 Å². The molecular weight excluding hydrogens is 468 g/mol. The van der Waals surface area contributed by atoms with Crippen molar-refractivity contribution in [2.75, 3.05) is 22.9 Å². The van der Waals surface area contributed by atoms with Gasteiger partial charge in [-0.3, -0.25) is 0 Å². The monoisotopic (exact) mass is 514 g/mol. The Kier molecular flexibility index (Phi) is 7.26. The summed E-state index contributed by atoms with van der Waals surface area (Å²) in [5.74, 6) is -0.555. The molecule has 5 rings (SSSR count). The summed E-state index contributed by atoms with van der Waals surface area (Å²) < 4.78 is 0. The molecule has 3 aliphatic rings. The molecule has 1 saturated carbocycles. The van der Waals surface area contributed by atoms with Crippen molar-refractivity contribution in [1.29, 1.82) is 0 Å². The molecule has 0 amide bonds. The molecule has 2 aromatic carbocycles. The summed E-state index contributed by atoms with van der Waals surface area (Å²) in [5.41, 5.74) is 7.24. The third-order valence-electron chi connectivity index (χ3n) is 9.35. The highest BCUT2D eigenvalue weighted by Gasteiger charge is 2.51. The van der Waals surface area contributed by atoms with E-state index in [4.69, 9.17) is 0 Å². The molecular formula is C34H46N2O2. The summed E-state index contributed by atoms with van der Waals surface area (Å²) >= 11 is 0. The largest absolute Gasteiger partial charge is 0.392 e. The number of aliphatic hydroxyl groups is 2. The van der Waals surface area contributed by atoms with Crippen LogP contribution in [0.2, 0.25) is 0 Å². The second-order valence-electron chi connectivity index (χ2n) is 12.5. The minimum atomic E-state index is -0.606. The summed E-state index contributed by atoms with van der Waals surface area (Å²) in [6.07, 6.45) is 7.63. The van der Waals surface area contributed by atoms with Crippen molar-refractivity contribution < 1.29 is 10.2 Å². The van der Waals surface area contributed by atoms with Gasteiger partial charge in [-0.15, -0.1) is 0 Å². The van der Waals surface area contributed by atoms with Gasteiger partial charge in [0.15, 0.2) is 0 Å². The number of unbranched alkanes of at least 4 members (excludes halogenated alkanes) is 2. The van der Waals surface area contributed by atoms with Gasteiger partial charge in [0.25, 0.3) is 0 Å². The molecule has 0 unspecified atom stereocenters. The molecule has 1 aliphatic carbocycles. The van der Waals surface area contributed by atoms with E-state index < -0.39 is 12.2 Å². The number of allylic oxidation sites excluding steroid dienone is 2. The molecule has 2 aliphatic heterocycles. The highest BCUT2D eigenvalue weighted by molar-refractivity contribution is 5.71. The average molecular weight is 515 g/mol. The summed E-state index contributed by atoms with van der Waals surface area (Å²) in [5, 5.41) is 22.9. The molecule has 38 heavy (non-hydrogen) atoms. The normalized spacial score (nSPS) is 29.1. The Bertz CT molecular complexity index is 1120. The summed E-state index contributed by atoms with van der Waals surface area (Å²) in [6, 6.07) is 17.3. The molecule has 0 saturated heterocycles. The molecule has 4 nitrogen and oxygen atoms in total. The molecule has 2 N–H and O–H groups in total. The Morgan fingerprint density at radius 3 is 1.39 bits per heavy atom. The maximum atomic E-state index is 11.5. The van der Waals surface area contributed by atoms with Crippen LogP contribution >= 0.6 is 0 Å². The van der Waals surface area contributed by atoms with Crippen molar-refractivity contribution >= 4 is 11.4 Å². The Morgan fingerprint density at radius 1 is 0.658 bits per heavy atom. The Hall–Kier alpha value is -2.56. The van der Waals surface area contributed by atoms with Crippen LogP contribution in [0.1, 0.15) is 78.4 Å². The molecule has 2 aromatic rings. The van der Waals surface area contributed by atoms with Gasteiger partial charge in [0, 0.05) is 58.5 Å². The molecule has 0 spiro atoms. The SMILES string of the molecule is CCCCN1C(=CC2C(O)C(C=C3N(CCCC)c4ccccc4C3(C)C)C2O)C(C)(C)c2ccccc21. The highest BCUT2D eigenvalue weighted by atomic mass is 16.3. The predicted molar refractivity (Wildman–Crippen MR) is 159 cm³/mol. The van der Waals surface area contributed by atoms with Gasteiger partial charge in [0.2, 0.25) is 0 Å². The second-order valence-corrected chi connectivity index (χ2v) is 12.5. The zero-order valence-electron chi connectivity index (χ0n) is 24.1. The van der Waals surface area contributed by atoms with Gasteiger partial charge in [-0.05, 0) is 36.1 Å². The smallest absolute Gasteiger partial charge is 0.0716 e. The lowest BCUT2D eigenvalue weighted by atomic mass is 9.66. The van der Waals surface area contributed by atoms with Crippen LogP contribution in [0.25, 0.3) is 0 Å². The first-order chi connectivity index (χ1) is 18.1. The fourth-order valence-electron chi connectivity index (χ4n) is 6.93. The van der Waals surface area contributed by atoms with E-state index in [9.17, 15) is 10.2 Å². The zero-order chi connectivity index (χ0) is 27.2. The van der Waals surface area contributed by atoms with E-state index in [0.29, 0.717) is 0 Å². The van der Waals surface area contributed by atoms with Crippen molar-refractivity contribution in [3.8, 4) is 0 Å². The number of para-hydroxylation sites is 2. The van der Waals surface area contributed by atoms with Crippen molar-refractivity contribution in [1.82, 2.24) is 0 Å². The number of anilines is 2. The van der Waals surface area contributed by atoms with Gasteiger partial charge in [0.1, 0.15) is 0 Å². The second kappa shape index (κ2) is 10.2. The minimum absolute atomic E-state index is 0.167.